The second-order valence-corrected chi connectivity index (χ2v) is 18.3. The van der Waals surface area contributed by atoms with Gasteiger partial charge in [0.25, 0.3) is 0 Å². The maximum atomic E-state index is 15.2. The maximum absolute atomic E-state index is 15.2. The van der Waals surface area contributed by atoms with Crippen LogP contribution in [0.25, 0.3) is 99.5 Å². The number of aryl methyl sites for hydroxylation is 4. The number of fused-ring (bicyclic) bond motifs is 6. The van der Waals surface area contributed by atoms with Crippen LogP contribution in [0.3, 0.4) is 0 Å². The zero-order chi connectivity index (χ0) is 48.8. The Kier molecular flexibility index (Phi) is 10.4. The average Bonchev–Trinajstić information content (AvgIpc) is 3.84. The molecule has 0 bridgehead atoms. The van der Waals surface area contributed by atoms with Gasteiger partial charge in [-0.25, -0.2) is 0 Å². The molecule has 342 valence electrons. The van der Waals surface area contributed by atoms with Crippen LogP contribution in [0.5, 0.6) is 0 Å². The van der Waals surface area contributed by atoms with Gasteiger partial charge in [-0.1, -0.05) is 119 Å². The minimum atomic E-state index is -5.16. The molecule has 9 heteroatoms. The first-order valence-electron chi connectivity index (χ1n) is 22.8. The monoisotopic (exact) mass is 929 g/mol. The third-order valence-electron chi connectivity index (χ3n) is 13.3. The number of nitriles is 1. The van der Waals surface area contributed by atoms with Gasteiger partial charge >= 0.3 is 12.4 Å². The van der Waals surface area contributed by atoms with Crippen molar-refractivity contribution >= 4 is 43.6 Å². The first-order valence-corrected chi connectivity index (χ1v) is 22.8. The summed E-state index contributed by atoms with van der Waals surface area (Å²) in [6.07, 6.45) is -10.2. The van der Waals surface area contributed by atoms with Crippen molar-refractivity contribution in [3.8, 4) is 62.0 Å². The minimum absolute atomic E-state index is 0.0388. The van der Waals surface area contributed by atoms with Crippen LogP contribution in [0.4, 0.5) is 26.3 Å². The molecule has 0 spiro atoms. The molecule has 0 aliphatic rings. The molecular formula is C61H41F6N3. The average molecular weight is 930 g/mol. The van der Waals surface area contributed by atoms with Crippen LogP contribution in [0.1, 0.15) is 38.9 Å². The Morgan fingerprint density at radius 1 is 0.386 bits per heavy atom. The smallest absolute Gasteiger partial charge is 0.309 e. The van der Waals surface area contributed by atoms with E-state index in [0.29, 0.717) is 23.0 Å². The molecule has 0 aliphatic carbocycles. The van der Waals surface area contributed by atoms with E-state index in [9.17, 15) is 18.4 Å². The Morgan fingerprint density at radius 3 is 1.44 bits per heavy atom. The van der Waals surface area contributed by atoms with Crippen LogP contribution in [0.2, 0.25) is 0 Å². The van der Waals surface area contributed by atoms with Crippen LogP contribution in [0.15, 0.2) is 176 Å². The van der Waals surface area contributed by atoms with Crippen molar-refractivity contribution in [2.45, 2.75) is 40.0 Å². The molecule has 3 nitrogen and oxygen atoms in total. The van der Waals surface area contributed by atoms with E-state index in [2.05, 4.69) is 97.5 Å². The summed E-state index contributed by atoms with van der Waals surface area (Å²) in [6, 6.07) is 55.3. The summed E-state index contributed by atoms with van der Waals surface area (Å²) in [6.45, 7) is 8.24. The summed E-state index contributed by atoms with van der Waals surface area (Å²) in [5, 5.41) is 14.2. The summed E-state index contributed by atoms with van der Waals surface area (Å²) < 4.78 is 92.3. The standard InChI is InChI=1S/C61H41F6N3/c1-35-23-36(2)26-42(25-35)40-14-21-57-52(30-40)48-9-5-7-11-55(48)69(57)45-17-19-46(47-18-16-44(60(62,63)64)32-54(47)61(65,66)67)50(33-45)51-29-39(34-68)13-20-58(51)70-56-12-8-6-10-49(56)53-31-41(15-22-59(53)70)43-27-37(3)24-38(4)28-43/h5-33H,1-4H3. The molecule has 9 aromatic carbocycles. The lowest BCUT2D eigenvalue weighted by Crippen LogP contribution is -2.12. The van der Waals surface area contributed by atoms with Crippen molar-refractivity contribution in [1.29, 1.82) is 5.26 Å². The van der Waals surface area contributed by atoms with Crippen LogP contribution >= 0.6 is 0 Å². The highest BCUT2D eigenvalue weighted by atomic mass is 19.4. The molecule has 70 heavy (non-hydrogen) atoms. The van der Waals surface area contributed by atoms with Gasteiger partial charge in [0.2, 0.25) is 0 Å². The number of benzene rings is 9. The number of para-hydroxylation sites is 2. The van der Waals surface area contributed by atoms with E-state index in [1.54, 1.807) is 36.4 Å². The molecule has 0 saturated heterocycles. The van der Waals surface area contributed by atoms with Gasteiger partial charge in [-0.3, -0.25) is 0 Å². The van der Waals surface area contributed by atoms with Crippen molar-refractivity contribution < 1.29 is 26.3 Å². The third-order valence-corrected chi connectivity index (χ3v) is 13.3. The van der Waals surface area contributed by atoms with E-state index in [1.807, 2.05) is 66.7 Å². The van der Waals surface area contributed by atoms with Crippen molar-refractivity contribution in [3.05, 3.63) is 215 Å². The molecule has 0 atom stereocenters. The largest absolute Gasteiger partial charge is 0.417 e. The van der Waals surface area contributed by atoms with E-state index in [0.717, 1.165) is 94.2 Å². The van der Waals surface area contributed by atoms with Crippen molar-refractivity contribution in [2.24, 2.45) is 0 Å². The minimum Gasteiger partial charge on any atom is -0.309 e. The Morgan fingerprint density at radius 2 is 0.900 bits per heavy atom. The van der Waals surface area contributed by atoms with Gasteiger partial charge in [-0.15, -0.1) is 0 Å². The van der Waals surface area contributed by atoms with Crippen LogP contribution < -0.4 is 0 Å². The topological polar surface area (TPSA) is 33.6 Å². The Hall–Kier alpha value is -8.35. The molecule has 2 aromatic heterocycles. The molecule has 11 aromatic rings. The van der Waals surface area contributed by atoms with Crippen LogP contribution in [-0.2, 0) is 12.4 Å². The number of halogens is 6. The van der Waals surface area contributed by atoms with E-state index < -0.39 is 29.0 Å². The van der Waals surface area contributed by atoms with E-state index in [-0.39, 0.29) is 22.8 Å². The highest BCUT2D eigenvalue weighted by molar-refractivity contribution is 6.12. The zero-order valence-corrected chi connectivity index (χ0v) is 38.4. The molecule has 0 saturated carbocycles. The lowest BCUT2D eigenvalue weighted by molar-refractivity contribution is -0.142. The summed E-state index contributed by atoms with van der Waals surface area (Å²) in [5.74, 6) is 0. The molecule has 0 aliphatic heterocycles. The number of hydrogen-bond donors (Lipinski definition) is 0. The van der Waals surface area contributed by atoms with Crippen molar-refractivity contribution in [2.75, 3.05) is 0 Å². The van der Waals surface area contributed by atoms with Gasteiger partial charge in [0, 0.05) is 32.8 Å². The zero-order valence-electron chi connectivity index (χ0n) is 38.4. The summed E-state index contributed by atoms with van der Waals surface area (Å²) in [5.41, 5.74) is 10.8. The van der Waals surface area contributed by atoms with E-state index >= 15 is 13.2 Å². The van der Waals surface area contributed by atoms with E-state index in [4.69, 9.17) is 0 Å². The van der Waals surface area contributed by atoms with Gasteiger partial charge in [0.05, 0.1) is 50.5 Å². The third kappa shape index (κ3) is 7.57. The summed E-state index contributed by atoms with van der Waals surface area (Å²) in [7, 11) is 0. The number of hydrogen-bond acceptors (Lipinski definition) is 1. The molecule has 0 amide bonds. The molecule has 0 unspecified atom stereocenters. The lowest BCUT2D eigenvalue weighted by Gasteiger charge is -2.22. The quantitative estimate of drug-likeness (QED) is 0.153. The second kappa shape index (κ2) is 16.4. The molecule has 0 fully saturated rings. The molecule has 0 N–H and O–H groups in total. The van der Waals surface area contributed by atoms with Crippen LogP contribution in [-0.4, -0.2) is 9.13 Å². The Labute approximate surface area is 399 Å². The van der Waals surface area contributed by atoms with Gasteiger partial charge in [-0.2, -0.15) is 31.6 Å². The predicted octanol–water partition coefficient (Wildman–Crippen LogP) is 17.7. The Balaban J connectivity index is 1.21. The highest BCUT2D eigenvalue weighted by Gasteiger charge is 2.39. The lowest BCUT2D eigenvalue weighted by atomic mass is 9.88. The van der Waals surface area contributed by atoms with Crippen molar-refractivity contribution in [1.82, 2.24) is 9.13 Å². The first-order chi connectivity index (χ1) is 33.5. The summed E-state index contributed by atoms with van der Waals surface area (Å²) >= 11 is 0. The van der Waals surface area contributed by atoms with Gasteiger partial charge in [-0.05, 0) is 146 Å². The van der Waals surface area contributed by atoms with Crippen LogP contribution in [0, 0.1) is 39.0 Å². The molecular weight excluding hydrogens is 889 g/mol. The first kappa shape index (κ1) is 44.2. The maximum Gasteiger partial charge on any atom is 0.417 e. The number of rotatable bonds is 6. The van der Waals surface area contributed by atoms with Gasteiger partial charge in [0.15, 0.2) is 0 Å². The van der Waals surface area contributed by atoms with Gasteiger partial charge < -0.3 is 9.13 Å². The number of aromatic nitrogens is 2. The highest BCUT2D eigenvalue weighted by Crippen LogP contribution is 2.47. The summed E-state index contributed by atoms with van der Waals surface area (Å²) in [4.78, 5) is 0. The normalized spacial score (nSPS) is 12.1. The molecule has 11 rings (SSSR count). The number of nitrogens with zero attached hydrogens (tertiary/aromatic N) is 3. The van der Waals surface area contributed by atoms with E-state index in [1.165, 1.54) is 0 Å². The SMILES string of the molecule is Cc1cc(C)cc(-c2ccc3c(c2)c2ccccc2n3-c2ccc(-c3ccc(C(F)(F)F)cc3C(F)(F)F)c(-c3cc(C#N)ccc3-n3c4ccccc4c4cc(-c5cc(C)cc(C)c5)ccc43)c2)c1. The second-order valence-electron chi connectivity index (χ2n) is 18.3. The fourth-order valence-electron chi connectivity index (χ4n) is 10.5. The van der Waals surface area contributed by atoms with Crippen molar-refractivity contribution in [3.63, 3.8) is 0 Å². The fraction of sp³-hybridized carbons (Fsp3) is 0.0984. The molecule has 0 radical (unpaired) electrons. The predicted molar refractivity (Wildman–Crippen MR) is 271 cm³/mol. The van der Waals surface area contributed by atoms with Gasteiger partial charge in [0.1, 0.15) is 0 Å². The fourth-order valence-corrected chi connectivity index (χ4v) is 10.5. The number of alkyl halides is 6. The molecule has 2 heterocycles. The Bertz CT molecular complexity index is 3950.